The monoisotopic (exact) mass is 273 g/mol. The van der Waals surface area contributed by atoms with Gasteiger partial charge in [-0.1, -0.05) is 6.07 Å². The topological polar surface area (TPSA) is 73.2 Å². The molecule has 20 heavy (non-hydrogen) atoms. The summed E-state index contributed by atoms with van der Waals surface area (Å²) in [4.78, 5) is 22.9. The van der Waals surface area contributed by atoms with Gasteiger partial charge in [-0.25, -0.2) is 4.68 Å². The van der Waals surface area contributed by atoms with E-state index in [1.165, 1.54) is 0 Å². The molecule has 2 aromatic rings. The van der Waals surface area contributed by atoms with E-state index in [2.05, 4.69) is 10.4 Å². The van der Waals surface area contributed by atoms with Crippen LogP contribution in [0, 0.1) is 0 Å². The number of amides is 1. The molecule has 0 atom stereocenters. The fraction of sp³-hybridized carbons (Fsp3) is 0.214. The average Bonchev–Trinajstić information content (AvgIpc) is 2.92. The predicted molar refractivity (Wildman–Crippen MR) is 73.4 cm³/mol. The summed E-state index contributed by atoms with van der Waals surface area (Å²) in [5, 5.41) is 6.76. The summed E-state index contributed by atoms with van der Waals surface area (Å²) in [6, 6.07) is 9.00. The third-order valence-electron chi connectivity index (χ3n) is 2.51. The largest absolute Gasteiger partial charge is 0.466 e. The number of carbonyl (C=O) groups is 2. The van der Waals surface area contributed by atoms with E-state index in [0.29, 0.717) is 5.69 Å². The lowest BCUT2D eigenvalue weighted by atomic mass is 10.2. The number of ether oxygens (including phenoxy) is 1. The first kappa shape index (κ1) is 13.8. The first-order chi connectivity index (χ1) is 9.69. The standard InChI is InChI=1S/C14H15N3O3/c1-2-20-14(19)10-13(18)16-11-5-3-6-12(9-11)17-8-4-7-15-17/h3-9H,2,10H2,1H3,(H,16,18). The Kier molecular flexibility index (Phi) is 4.49. The zero-order chi connectivity index (χ0) is 14.4. The smallest absolute Gasteiger partial charge is 0.315 e. The normalized spacial score (nSPS) is 10.1. The van der Waals surface area contributed by atoms with Crippen LogP contribution in [-0.4, -0.2) is 28.3 Å². The number of rotatable bonds is 5. The molecule has 0 radical (unpaired) electrons. The number of hydrogen-bond acceptors (Lipinski definition) is 4. The summed E-state index contributed by atoms with van der Waals surface area (Å²) < 4.78 is 6.40. The fourth-order valence-electron chi connectivity index (χ4n) is 1.70. The molecule has 6 nitrogen and oxygen atoms in total. The van der Waals surface area contributed by atoms with Crippen LogP contribution in [0.25, 0.3) is 5.69 Å². The molecule has 0 spiro atoms. The SMILES string of the molecule is CCOC(=O)CC(=O)Nc1cccc(-n2cccn2)c1. The lowest BCUT2D eigenvalue weighted by molar-refractivity contribution is -0.145. The van der Waals surface area contributed by atoms with Crippen molar-refractivity contribution in [2.24, 2.45) is 0 Å². The van der Waals surface area contributed by atoms with Crippen LogP contribution < -0.4 is 5.32 Å². The van der Waals surface area contributed by atoms with Crippen molar-refractivity contribution in [2.75, 3.05) is 11.9 Å². The zero-order valence-electron chi connectivity index (χ0n) is 11.1. The number of benzene rings is 1. The minimum absolute atomic E-state index is 0.265. The molecule has 104 valence electrons. The summed E-state index contributed by atoms with van der Waals surface area (Å²) in [5.74, 6) is -0.936. The van der Waals surface area contributed by atoms with Gasteiger partial charge in [0.15, 0.2) is 0 Å². The van der Waals surface area contributed by atoms with Gasteiger partial charge in [-0.15, -0.1) is 0 Å². The Labute approximate surface area is 116 Å². The van der Waals surface area contributed by atoms with Gasteiger partial charge in [0.05, 0.1) is 12.3 Å². The molecule has 6 heteroatoms. The predicted octanol–water partition coefficient (Wildman–Crippen LogP) is 1.76. The van der Waals surface area contributed by atoms with Crippen LogP contribution in [-0.2, 0) is 14.3 Å². The number of nitrogens with one attached hydrogen (secondary N) is 1. The molecular formula is C14H15N3O3. The van der Waals surface area contributed by atoms with Gasteiger partial charge in [0.25, 0.3) is 0 Å². The van der Waals surface area contributed by atoms with Crippen LogP contribution in [0.2, 0.25) is 0 Å². The van der Waals surface area contributed by atoms with Gasteiger partial charge >= 0.3 is 5.97 Å². The molecule has 0 saturated carbocycles. The molecule has 1 N–H and O–H groups in total. The van der Waals surface area contributed by atoms with Crippen LogP contribution in [0.5, 0.6) is 0 Å². The van der Waals surface area contributed by atoms with E-state index in [1.807, 2.05) is 12.1 Å². The molecule has 0 aliphatic rings. The lowest BCUT2D eigenvalue weighted by Gasteiger charge is -2.07. The van der Waals surface area contributed by atoms with Gasteiger partial charge in [0.2, 0.25) is 5.91 Å². The van der Waals surface area contributed by atoms with Gasteiger partial charge < -0.3 is 10.1 Å². The molecule has 1 aromatic heterocycles. The van der Waals surface area contributed by atoms with E-state index < -0.39 is 11.9 Å². The van der Waals surface area contributed by atoms with Crippen LogP contribution in [0.1, 0.15) is 13.3 Å². The Morgan fingerprint density at radius 2 is 2.20 bits per heavy atom. The second kappa shape index (κ2) is 6.51. The highest BCUT2D eigenvalue weighted by molar-refractivity contribution is 6.01. The Morgan fingerprint density at radius 1 is 1.35 bits per heavy atom. The molecule has 0 aliphatic carbocycles. The van der Waals surface area contributed by atoms with E-state index in [1.54, 1.807) is 42.2 Å². The molecule has 0 aliphatic heterocycles. The lowest BCUT2D eigenvalue weighted by Crippen LogP contribution is -2.18. The Bertz CT molecular complexity index is 593. The van der Waals surface area contributed by atoms with Gasteiger partial charge in [-0.3, -0.25) is 9.59 Å². The number of anilines is 1. The highest BCUT2D eigenvalue weighted by atomic mass is 16.5. The van der Waals surface area contributed by atoms with E-state index >= 15 is 0 Å². The summed E-state index contributed by atoms with van der Waals surface area (Å²) in [5.41, 5.74) is 1.43. The van der Waals surface area contributed by atoms with E-state index in [-0.39, 0.29) is 13.0 Å². The Morgan fingerprint density at radius 3 is 2.90 bits per heavy atom. The molecule has 0 fully saturated rings. The maximum Gasteiger partial charge on any atom is 0.315 e. The van der Waals surface area contributed by atoms with Crippen molar-refractivity contribution in [3.63, 3.8) is 0 Å². The maximum atomic E-state index is 11.7. The molecule has 1 heterocycles. The highest BCUT2D eigenvalue weighted by Gasteiger charge is 2.10. The number of nitrogens with zero attached hydrogens (tertiary/aromatic N) is 2. The molecule has 0 saturated heterocycles. The van der Waals surface area contributed by atoms with Crippen LogP contribution in [0.4, 0.5) is 5.69 Å². The van der Waals surface area contributed by atoms with Crippen molar-refractivity contribution in [1.29, 1.82) is 0 Å². The molecule has 0 bridgehead atoms. The van der Waals surface area contributed by atoms with Crippen molar-refractivity contribution in [3.8, 4) is 5.69 Å². The second-order valence-corrected chi connectivity index (χ2v) is 4.03. The van der Waals surface area contributed by atoms with E-state index in [9.17, 15) is 9.59 Å². The fourth-order valence-corrected chi connectivity index (χ4v) is 1.70. The Hall–Kier alpha value is -2.63. The minimum atomic E-state index is -0.534. The summed E-state index contributed by atoms with van der Waals surface area (Å²) >= 11 is 0. The molecule has 1 amide bonds. The van der Waals surface area contributed by atoms with E-state index in [4.69, 9.17) is 4.74 Å². The third kappa shape index (κ3) is 3.68. The molecular weight excluding hydrogens is 258 g/mol. The molecule has 1 aromatic carbocycles. The third-order valence-corrected chi connectivity index (χ3v) is 2.51. The highest BCUT2D eigenvalue weighted by Crippen LogP contribution is 2.14. The van der Waals surface area contributed by atoms with Gasteiger partial charge in [-0.05, 0) is 31.2 Å². The minimum Gasteiger partial charge on any atom is -0.466 e. The summed E-state index contributed by atoms with van der Waals surface area (Å²) in [7, 11) is 0. The van der Waals surface area contributed by atoms with Crippen LogP contribution in [0.3, 0.4) is 0 Å². The van der Waals surface area contributed by atoms with Gasteiger partial charge in [0.1, 0.15) is 6.42 Å². The summed E-state index contributed by atoms with van der Waals surface area (Å²) in [6.45, 7) is 1.96. The Balaban J connectivity index is 2.01. The van der Waals surface area contributed by atoms with Crippen molar-refractivity contribution in [1.82, 2.24) is 9.78 Å². The quantitative estimate of drug-likeness (QED) is 0.665. The number of esters is 1. The second-order valence-electron chi connectivity index (χ2n) is 4.03. The summed E-state index contributed by atoms with van der Waals surface area (Å²) in [6.07, 6.45) is 3.19. The number of aromatic nitrogens is 2. The van der Waals surface area contributed by atoms with Crippen molar-refractivity contribution in [2.45, 2.75) is 13.3 Å². The van der Waals surface area contributed by atoms with Crippen molar-refractivity contribution >= 4 is 17.6 Å². The molecule has 2 rings (SSSR count). The molecule has 0 unspecified atom stereocenters. The number of hydrogen-bond donors (Lipinski definition) is 1. The zero-order valence-corrected chi connectivity index (χ0v) is 11.1. The van der Waals surface area contributed by atoms with Crippen molar-refractivity contribution in [3.05, 3.63) is 42.7 Å². The van der Waals surface area contributed by atoms with Gasteiger partial charge in [-0.2, -0.15) is 5.10 Å². The van der Waals surface area contributed by atoms with Crippen LogP contribution in [0.15, 0.2) is 42.7 Å². The van der Waals surface area contributed by atoms with E-state index in [0.717, 1.165) is 5.69 Å². The van der Waals surface area contributed by atoms with Crippen molar-refractivity contribution < 1.29 is 14.3 Å². The first-order valence-corrected chi connectivity index (χ1v) is 6.24. The maximum absolute atomic E-state index is 11.7. The van der Waals surface area contributed by atoms with Crippen LogP contribution >= 0.6 is 0 Å². The average molecular weight is 273 g/mol. The number of carbonyl (C=O) groups excluding carboxylic acids is 2. The first-order valence-electron chi connectivity index (χ1n) is 6.24. The van der Waals surface area contributed by atoms with Gasteiger partial charge in [0, 0.05) is 18.1 Å².